The van der Waals surface area contributed by atoms with E-state index in [-0.39, 0.29) is 22.9 Å². The second kappa shape index (κ2) is 4.75. The van der Waals surface area contributed by atoms with Crippen molar-refractivity contribution in [2.45, 2.75) is 6.92 Å². The van der Waals surface area contributed by atoms with Crippen LogP contribution in [0.3, 0.4) is 0 Å². The normalized spacial score (nSPS) is 9.73. The fourth-order valence-electron chi connectivity index (χ4n) is 0.922. The zero-order valence-electron chi connectivity index (χ0n) is 7.99. The van der Waals surface area contributed by atoms with Crippen molar-refractivity contribution in [2.24, 2.45) is 5.73 Å². The molecule has 1 aromatic rings. The van der Waals surface area contributed by atoms with Gasteiger partial charge in [-0.3, -0.25) is 4.79 Å². The third kappa shape index (κ3) is 2.66. The van der Waals surface area contributed by atoms with Crippen molar-refractivity contribution in [2.75, 3.05) is 6.61 Å². The smallest absolute Gasteiger partial charge is 0.358 e. The lowest BCUT2D eigenvalue weighted by Gasteiger charge is -2.03. The first-order chi connectivity index (χ1) is 7.06. The van der Waals surface area contributed by atoms with Crippen molar-refractivity contribution in [3.05, 3.63) is 28.5 Å². The molecule has 1 rings (SSSR count). The molecule has 0 spiro atoms. The molecule has 0 aliphatic rings. The van der Waals surface area contributed by atoms with Gasteiger partial charge in [-0.2, -0.15) is 0 Å². The Balaban J connectivity index is 3.03. The highest BCUT2D eigenvalue weighted by atomic mass is 35.5. The van der Waals surface area contributed by atoms with Gasteiger partial charge in [0.1, 0.15) is 0 Å². The summed E-state index contributed by atoms with van der Waals surface area (Å²) < 4.78 is 4.71. The van der Waals surface area contributed by atoms with Crippen LogP contribution in [-0.4, -0.2) is 23.5 Å². The van der Waals surface area contributed by atoms with Gasteiger partial charge in [-0.05, 0) is 13.0 Å². The van der Waals surface area contributed by atoms with Crippen molar-refractivity contribution in [3.63, 3.8) is 0 Å². The highest BCUT2D eigenvalue weighted by molar-refractivity contribution is 6.33. The van der Waals surface area contributed by atoms with Crippen LogP contribution in [0.2, 0.25) is 5.02 Å². The number of ether oxygens (including phenoxy) is 1. The van der Waals surface area contributed by atoms with Crippen molar-refractivity contribution in [1.82, 2.24) is 4.98 Å². The van der Waals surface area contributed by atoms with Gasteiger partial charge in [0.25, 0.3) is 0 Å². The second-order valence-electron chi connectivity index (χ2n) is 2.64. The molecule has 5 nitrogen and oxygen atoms in total. The average Bonchev–Trinajstić information content (AvgIpc) is 2.17. The maximum Gasteiger partial charge on any atom is 0.358 e. The minimum Gasteiger partial charge on any atom is -0.461 e. The number of halogens is 1. The standard InChI is InChI=1S/C9H9ClN2O3/c1-2-15-9(14)7-6(10)3-5(4-12-7)8(11)13/h3-4H,2H2,1H3,(H2,11,13). The van der Waals surface area contributed by atoms with Crippen LogP contribution < -0.4 is 5.73 Å². The Kier molecular flexibility index (Phi) is 3.62. The minimum atomic E-state index is -0.653. The molecule has 0 saturated heterocycles. The Morgan fingerprint density at radius 2 is 2.27 bits per heavy atom. The highest BCUT2D eigenvalue weighted by Crippen LogP contribution is 2.15. The Morgan fingerprint density at radius 1 is 1.60 bits per heavy atom. The van der Waals surface area contributed by atoms with Crippen LogP contribution in [0.15, 0.2) is 12.3 Å². The van der Waals surface area contributed by atoms with E-state index in [1.165, 1.54) is 12.3 Å². The summed E-state index contributed by atoms with van der Waals surface area (Å²) in [5.41, 5.74) is 5.14. The highest BCUT2D eigenvalue weighted by Gasteiger charge is 2.14. The van der Waals surface area contributed by atoms with E-state index >= 15 is 0 Å². The van der Waals surface area contributed by atoms with E-state index in [1.54, 1.807) is 6.92 Å². The molecule has 0 atom stereocenters. The number of amides is 1. The zero-order valence-corrected chi connectivity index (χ0v) is 8.75. The fourth-order valence-corrected chi connectivity index (χ4v) is 1.17. The number of pyridine rings is 1. The van der Waals surface area contributed by atoms with E-state index in [4.69, 9.17) is 22.1 Å². The van der Waals surface area contributed by atoms with E-state index < -0.39 is 11.9 Å². The molecule has 0 aliphatic carbocycles. The van der Waals surface area contributed by atoms with Crippen molar-refractivity contribution in [3.8, 4) is 0 Å². The summed E-state index contributed by atoms with van der Waals surface area (Å²) in [6, 6.07) is 1.28. The van der Waals surface area contributed by atoms with Crippen molar-refractivity contribution < 1.29 is 14.3 Å². The molecular weight excluding hydrogens is 220 g/mol. The first-order valence-corrected chi connectivity index (χ1v) is 4.56. The quantitative estimate of drug-likeness (QED) is 0.783. The molecule has 0 aromatic carbocycles. The minimum absolute atomic E-state index is 0.0245. The molecule has 0 saturated carbocycles. The topological polar surface area (TPSA) is 82.3 Å². The number of carbonyl (C=O) groups is 2. The van der Waals surface area contributed by atoms with Crippen LogP contribution in [0, 0.1) is 0 Å². The number of nitrogens with zero attached hydrogens (tertiary/aromatic N) is 1. The van der Waals surface area contributed by atoms with Gasteiger partial charge in [-0.25, -0.2) is 9.78 Å². The summed E-state index contributed by atoms with van der Waals surface area (Å²) in [5, 5.41) is 0.0461. The van der Waals surface area contributed by atoms with Crippen LogP contribution >= 0.6 is 11.6 Å². The first kappa shape index (κ1) is 11.5. The molecule has 0 fully saturated rings. The molecule has 1 amide bonds. The molecule has 2 N–H and O–H groups in total. The van der Waals surface area contributed by atoms with Gasteiger partial charge in [0.05, 0.1) is 17.2 Å². The van der Waals surface area contributed by atoms with Gasteiger partial charge in [-0.15, -0.1) is 0 Å². The Bertz CT molecular complexity index is 406. The van der Waals surface area contributed by atoms with E-state index in [2.05, 4.69) is 4.98 Å². The fraction of sp³-hybridized carbons (Fsp3) is 0.222. The molecular formula is C9H9ClN2O3. The predicted octanol–water partition coefficient (Wildman–Crippen LogP) is 1.01. The van der Waals surface area contributed by atoms with Crippen molar-refractivity contribution >= 4 is 23.5 Å². The molecule has 1 heterocycles. The number of hydrogen-bond donors (Lipinski definition) is 1. The van der Waals surface area contributed by atoms with E-state index in [0.29, 0.717) is 0 Å². The summed E-state index contributed by atoms with van der Waals surface area (Å²) >= 11 is 5.73. The molecule has 0 radical (unpaired) electrons. The van der Waals surface area contributed by atoms with Crippen LogP contribution in [0.5, 0.6) is 0 Å². The third-order valence-electron chi connectivity index (χ3n) is 1.59. The van der Waals surface area contributed by atoms with Gasteiger partial charge in [0.2, 0.25) is 5.91 Å². The molecule has 80 valence electrons. The van der Waals surface area contributed by atoms with Crippen LogP contribution in [-0.2, 0) is 4.74 Å². The summed E-state index contributed by atoms with van der Waals surface area (Å²) in [7, 11) is 0. The molecule has 15 heavy (non-hydrogen) atoms. The number of nitrogens with two attached hydrogens (primary N) is 1. The van der Waals surface area contributed by atoms with Crippen LogP contribution in [0.25, 0.3) is 0 Å². The number of esters is 1. The lowest BCUT2D eigenvalue weighted by Crippen LogP contribution is -2.13. The Morgan fingerprint density at radius 3 is 2.73 bits per heavy atom. The average molecular weight is 229 g/mol. The van der Waals surface area contributed by atoms with Gasteiger partial charge in [0, 0.05) is 6.20 Å². The maximum atomic E-state index is 11.3. The molecule has 0 unspecified atom stereocenters. The van der Waals surface area contributed by atoms with E-state index in [1.807, 2.05) is 0 Å². The second-order valence-corrected chi connectivity index (χ2v) is 3.05. The SMILES string of the molecule is CCOC(=O)c1ncc(C(N)=O)cc1Cl. The summed E-state index contributed by atoms with van der Waals surface area (Å²) in [5.74, 6) is -1.28. The Labute approximate surface area is 91.2 Å². The lowest BCUT2D eigenvalue weighted by molar-refractivity contribution is 0.0519. The molecule has 0 aliphatic heterocycles. The Hall–Kier alpha value is -1.62. The molecule has 6 heteroatoms. The summed E-state index contributed by atoms with van der Waals surface area (Å²) in [4.78, 5) is 25.7. The van der Waals surface area contributed by atoms with Gasteiger partial charge in [0.15, 0.2) is 5.69 Å². The largest absolute Gasteiger partial charge is 0.461 e. The lowest BCUT2D eigenvalue weighted by atomic mass is 10.2. The monoisotopic (exact) mass is 228 g/mol. The first-order valence-electron chi connectivity index (χ1n) is 4.18. The maximum absolute atomic E-state index is 11.3. The van der Waals surface area contributed by atoms with E-state index in [0.717, 1.165) is 0 Å². The number of rotatable bonds is 3. The molecule has 1 aromatic heterocycles. The van der Waals surface area contributed by atoms with Gasteiger partial charge >= 0.3 is 5.97 Å². The van der Waals surface area contributed by atoms with Crippen molar-refractivity contribution in [1.29, 1.82) is 0 Å². The number of aromatic nitrogens is 1. The number of carbonyl (C=O) groups excluding carboxylic acids is 2. The third-order valence-corrected chi connectivity index (χ3v) is 1.88. The summed E-state index contributed by atoms with van der Waals surface area (Å²) in [6.45, 7) is 1.90. The predicted molar refractivity (Wildman–Crippen MR) is 53.7 cm³/mol. The van der Waals surface area contributed by atoms with E-state index in [9.17, 15) is 9.59 Å². The summed E-state index contributed by atoms with van der Waals surface area (Å²) in [6.07, 6.45) is 1.18. The zero-order chi connectivity index (χ0) is 11.4. The number of hydrogen-bond acceptors (Lipinski definition) is 4. The van der Waals surface area contributed by atoms with Crippen LogP contribution in [0.4, 0.5) is 0 Å². The van der Waals surface area contributed by atoms with Gasteiger partial charge in [-0.1, -0.05) is 11.6 Å². The molecule has 0 bridgehead atoms. The van der Waals surface area contributed by atoms with Gasteiger partial charge < -0.3 is 10.5 Å². The number of primary amides is 1. The van der Waals surface area contributed by atoms with Crippen LogP contribution in [0.1, 0.15) is 27.8 Å².